The van der Waals surface area contributed by atoms with Crippen molar-refractivity contribution in [2.75, 3.05) is 18.5 Å². The molecule has 8 heteroatoms. The molecule has 0 spiro atoms. The van der Waals surface area contributed by atoms with Gasteiger partial charge in [0.1, 0.15) is 10.8 Å². The average molecular weight is 402 g/mol. The minimum atomic E-state index is -0.655. The fourth-order valence-corrected chi connectivity index (χ4v) is 4.57. The molecular weight excluding hydrogens is 380 g/mol. The van der Waals surface area contributed by atoms with Gasteiger partial charge in [0, 0.05) is 4.88 Å². The molecule has 3 rings (SSSR count). The van der Waals surface area contributed by atoms with Gasteiger partial charge in [-0.25, -0.2) is 4.79 Å². The molecule has 1 heterocycles. The Bertz CT molecular complexity index is 915. The largest absolute Gasteiger partial charge is 0.482 e. The van der Waals surface area contributed by atoms with E-state index in [1.165, 1.54) is 11.3 Å². The molecule has 0 aliphatic heterocycles. The number of hydrogen-bond acceptors (Lipinski definition) is 6. The summed E-state index contributed by atoms with van der Waals surface area (Å²) in [4.78, 5) is 36.7. The monoisotopic (exact) mass is 402 g/mol. The molecule has 0 radical (unpaired) electrons. The third-order valence-electron chi connectivity index (χ3n) is 4.34. The van der Waals surface area contributed by atoms with Gasteiger partial charge in [0.15, 0.2) is 13.2 Å². The smallest absolute Gasteiger partial charge is 0.344 e. The van der Waals surface area contributed by atoms with Gasteiger partial charge in [-0.15, -0.1) is 11.3 Å². The van der Waals surface area contributed by atoms with E-state index in [-0.39, 0.29) is 6.61 Å². The standard InChI is InChI=1S/C20H22N2O5S/c1-11-6-12(2)8-13(7-11)26-10-17(24)27-9-16(23)22-20-18(19(21)25)14-4-3-5-15(14)28-20/h6-8H,3-5,9-10H2,1-2H3,(H2,21,25)(H,22,23). The van der Waals surface area contributed by atoms with Gasteiger partial charge in [0.05, 0.1) is 5.56 Å². The van der Waals surface area contributed by atoms with E-state index in [0.29, 0.717) is 16.3 Å². The first-order chi connectivity index (χ1) is 13.3. The fourth-order valence-electron chi connectivity index (χ4n) is 3.26. The van der Waals surface area contributed by atoms with E-state index in [2.05, 4.69) is 5.32 Å². The lowest BCUT2D eigenvalue weighted by Gasteiger charge is -2.09. The molecular formula is C20H22N2O5S. The van der Waals surface area contributed by atoms with Gasteiger partial charge < -0.3 is 20.5 Å². The summed E-state index contributed by atoms with van der Waals surface area (Å²) in [6.45, 7) is 3.11. The Morgan fingerprint density at radius 1 is 1.11 bits per heavy atom. The summed E-state index contributed by atoms with van der Waals surface area (Å²) in [5, 5.41) is 3.05. The Labute approximate surface area is 166 Å². The highest BCUT2D eigenvalue weighted by Gasteiger charge is 2.26. The Kier molecular flexibility index (Phi) is 5.99. The number of ether oxygens (including phenoxy) is 2. The molecule has 1 aromatic heterocycles. The lowest BCUT2D eigenvalue weighted by Crippen LogP contribution is -2.24. The molecule has 0 atom stereocenters. The van der Waals surface area contributed by atoms with Gasteiger partial charge in [0.25, 0.3) is 11.8 Å². The third kappa shape index (κ3) is 4.69. The Morgan fingerprint density at radius 3 is 2.50 bits per heavy atom. The van der Waals surface area contributed by atoms with Gasteiger partial charge in [-0.3, -0.25) is 9.59 Å². The minimum absolute atomic E-state index is 0.296. The van der Waals surface area contributed by atoms with Crippen LogP contribution in [0.4, 0.5) is 5.00 Å². The van der Waals surface area contributed by atoms with Crippen molar-refractivity contribution in [1.82, 2.24) is 0 Å². The van der Waals surface area contributed by atoms with E-state index >= 15 is 0 Å². The molecule has 2 aromatic rings. The molecule has 2 amide bonds. The predicted octanol–water partition coefficient (Wildman–Crippen LogP) is 2.51. The maximum Gasteiger partial charge on any atom is 0.344 e. The summed E-state index contributed by atoms with van der Waals surface area (Å²) in [7, 11) is 0. The predicted molar refractivity (Wildman–Crippen MR) is 106 cm³/mol. The van der Waals surface area contributed by atoms with E-state index in [1.807, 2.05) is 32.0 Å². The van der Waals surface area contributed by atoms with Crippen LogP contribution in [-0.4, -0.2) is 31.0 Å². The van der Waals surface area contributed by atoms with Crippen molar-refractivity contribution in [2.24, 2.45) is 5.73 Å². The number of rotatable bonds is 7. The molecule has 0 fully saturated rings. The van der Waals surface area contributed by atoms with Crippen molar-refractivity contribution in [3.8, 4) is 5.75 Å². The normalized spacial score (nSPS) is 12.4. The molecule has 0 saturated carbocycles. The molecule has 1 aliphatic rings. The number of anilines is 1. The number of nitrogens with one attached hydrogen (secondary N) is 1. The Morgan fingerprint density at radius 2 is 1.82 bits per heavy atom. The number of thiophene rings is 1. The summed E-state index contributed by atoms with van der Waals surface area (Å²) >= 11 is 1.35. The van der Waals surface area contributed by atoms with E-state index in [0.717, 1.165) is 40.8 Å². The maximum absolute atomic E-state index is 12.1. The van der Waals surface area contributed by atoms with Crippen LogP contribution in [0.5, 0.6) is 5.75 Å². The lowest BCUT2D eigenvalue weighted by molar-refractivity contribution is -0.149. The number of amides is 2. The summed E-state index contributed by atoms with van der Waals surface area (Å²) in [6.07, 6.45) is 2.64. The van der Waals surface area contributed by atoms with Crippen LogP contribution in [0.3, 0.4) is 0 Å². The van der Waals surface area contributed by atoms with Gasteiger partial charge in [0.2, 0.25) is 0 Å². The zero-order valence-electron chi connectivity index (χ0n) is 15.8. The highest BCUT2D eigenvalue weighted by Crippen LogP contribution is 2.38. The van der Waals surface area contributed by atoms with Crippen molar-refractivity contribution in [3.05, 3.63) is 45.3 Å². The molecule has 0 bridgehead atoms. The van der Waals surface area contributed by atoms with Crippen LogP contribution >= 0.6 is 11.3 Å². The molecule has 28 heavy (non-hydrogen) atoms. The number of carbonyl (C=O) groups is 3. The van der Waals surface area contributed by atoms with Crippen molar-refractivity contribution in [3.63, 3.8) is 0 Å². The highest BCUT2D eigenvalue weighted by atomic mass is 32.1. The lowest BCUT2D eigenvalue weighted by atomic mass is 10.1. The maximum atomic E-state index is 12.1. The summed E-state index contributed by atoms with van der Waals surface area (Å²) in [5.74, 6) is -1.17. The van der Waals surface area contributed by atoms with Crippen molar-refractivity contribution >= 4 is 34.1 Å². The first kappa shape index (κ1) is 19.9. The summed E-state index contributed by atoms with van der Waals surface area (Å²) in [6, 6.07) is 5.62. The van der Waals surface area contributed by atoms with Crippen LogP contribution in [0.2, 0.25) is 0 Å². The topological polar surface area (TPSA) is 108 Å². The molecule has 0 saturated heterocycles. The zero-order chi connectivity index (χ0) is 20.3. The Balaban J connectivity index is 1.50. The van der Waals surface area contributed by atoms with Crippen LogP contribution in [0.1, 0.15) is 38.3 Å². The number of aryl methyl sites for hydroxylation is 3. The minimum Gasteiger partial charge on any atom is -0.482 e. The molecule has 1 aliphatic carbocycles. The van der Waals surface area contributed by atoms with Crippen LogP contribution in [-0.2, 0) is 27.2 Å². The number of primary amides is 1. The van der Waals surface area contributed by atoms with Gasteiger partial charge in [-0.1, -0.05) is 6.07 Å². The van der Waals surface area contributed by atoms with Crippen LogP contribution in [0.25, 0.3) is 0 Å². The van der Waals surface area contributed by atoms with E-state index in [1.54, 1.807) is 0 Å². The van der Waals surface area contributed by atoms with Gasteiger partial charge in [-0.05, 0) is 61.9 Å². The molecule has 3 N–H and O–H groups in total. The molecule has 148 valence electrons. The van der Waals surface area contributed by atoms with Crippen LogP contribution in [0.15, 0.2) is 18.2 Å². The number of carbonyl (C=O) groups excluding carboxylic acids is 3. The van der Waals surface area contributed by atoms with Crippen LogP contribution < -0.4 is 15.8 Å². The second-order valence-electron chi connectivity index (χ2n) is 6.75. The number of hydrogen-bond donors (Lipinski definition) is 2. The summed E-state index contributed by atoms with van der Waals surface area (Å²) < 4.78 is 10.4. The SMILES string of the molecule is Cc1cc(C)cc(OCC(=O)OCC(=O)Nc2sc3c(c2C(N)=O)CCC3)c1. The molecule has 1 aromatic carbocycles. The number of esters is 1. The van der Waals surface area contributed by atoms with E-state index in [4.69, 9.17) is 15.2 Å². The van der Waals surface area contributed by atoms with E-state index in [9.17, 15) is 14.4 Å². The number of fused-ring (bicyclic) bond motifs is 1. The average Bonchev–Trinajstić information content (AvgIpc) is 3.17. The zero-order valence-corrected chi connectivity index (χ0v) is 16.6. The second-order valence-corrected chi connectivity index (χ2v) is 7.85. The molecule has 7 nitrogen and oxygen atoms in total. The number of benzene rings is 1. The van der Waals surface area contributed by atoms with Crippen molar-refractivity contribution in [2.45, 2.75) is 33.1 Å². The van der Waals surface area contributed by atoms with Crippen molar-refractivity contribution in [1.29, 1.82) is 0 Å². The van der Waals surface area contributed by atoms with Crippen LogP contribution in [0, 0.1) is 13.8 Å². The number of nitrogens with two attached hydrogens (primary N) is 1. The third-order valence-corrected chi connectivity index (χ3v) is 5.54. The fraction of sp³-hybridized carbons (Fsp3) is 0.350. The summed E-state index contributed by atoms with van der Waals surface area (Å²) in [5.41, 5.74) is 8.80. The van der Waals surface area contributed by atoms with Gasteiger partial charge >= 0.3 is 5.97 Å². The molecule has 0 unspecified atom stereocenters. The quantitative estimate of drug-likeness (QED) is 0.692. The first-order valence-corrected chi connectivity index (χ1v) is 9.76. The van der Waals surface area contributed by atoms with Crippen molar-refractivity contribution < 1.29 is 23.9 Å². The first-order valence-electron chi connectivity index (χ1n) is 8.94. The Hall–Kier alpha value is -2.87. The van der Waals surface area contributed by atoms with Gasteiger partial charge in [-0.2, -0.15) is 0 Å². The van der Waals surface area contributed by atoms with E-state index < -0.39 is 24.4 Å². The second kappa shape index (κ2) is 8.43. The highest BCUT2D eigenvalue weighted by molar-refractivity contribution is 7.17.